The molecule has 0 radical (unpaired) electrons. The van der Waals surface area contributed by atoms with Crippen LogP contribution in [0.25, 0.3) is 22.2 Å². The minimum Gasteiger partial charge on any atom is -0.497 e. The zero-order valence-corrected chi connectivity index (χ0v) is 14.3. The number of methoxy groups -OCH3 is 1. The van der Waals surface area contributed by atoms with Crippen molar-refractivity contribution in [2.24, 2.45) is 0 Å². The number of carbonyl (C=O) groups excluding carboxylic acids is 1. The lowest BCUT2D eigenvalue weighted by Crippen LogP contribution is -2.04. The van der Waals surface area contributed by atoms with E-state index < -0.39 is 0 Å². The molecule has 0 atom stereocenters. The van der Waals surface area contributed by atoms with Crippen LogP contribution in [0.5, 0.6) is 5.75 Å². The SMILES string of the molecule is COc1ccc(C(=O)c2cc(-c3ccccc3)nc3ccccc23)cc1. The number of ketones is 1. The van der Waals surface area contributed by atoms with E-state index in [0.717, 1.165) is 27.9 Å². The number of ether oxygens (including phenoxy) is 1. The van der Waals surface area contributed by atoms with Gasteiger partial charge in [-0.05, 0) is 36.4 Å². The third-order valence-corrected chi connectivity index (χ3v) is 4.38. The maximum Gasteiger partial charge on any atom is 0.193 e. The molecule has 0 fully saturated rings. The Balaban J connectivity index is 1.88. The third-order valence-electron chi connectivity index (χ3n) is 4.38. The summed E-state index contributed by atoms with van der Waals surface area (Å²) in [7, 11) is 1.61. The van der Waals surface area contributed by atoms with Crippen molar-refractivity contribution in [2.75, 3.05) is 7.11 Å². The Morgan fingerprint density at radius 1 is 0.846 bits per heavy atom. The highest BCUT2D eigenvalue weighted by Gasteiger charge is 2.15. The predicted molar refractivity (Wildman–Crippen MR) is 104 cm³/mol. The number of para-hydroxylation sites is 1. The van der Waals surface area contributed by atoms with E-state index in [2.05, 4.69) is 0 Å². The van der Waals surface area contributed by atoms with Crippen molar-refractivity contribution in [1.82, 2.24) is 4.98 Å². The van der Waals surface area contributed by atoms with Crippen molar-refractivity contribution in [2.45, 2.75) is 0 Å². The van der Waals surface area contributed by atoms with Gasteiger partial charge in [-0.25, -0.2) is 4.98 Å². The molecular weight excluding hydrogens is 322 g/mol. The zero-order chi connectivity index (χ0) is 17.9. The fraction of sp³-hybridized carbons (Fsp3) is 0.0435. The van der Waals surface area contributed by atoms with Gasteiger partial charge in [-0.15, -0.1) is 0 Å². The van der Waals surface area contributed by atoms with Gasteiger partial charge in [0.25, 0.3) is 0 Å². The summed E-state index contributed by atoms with van der Waals surface area (Å²) in [5.41, 5.74) is 3.87. The summed E-state index contributed by atoms with van der Waals surface area (Å²) in [4.78, 5) is 17.9. The van der Waals surface area contributed by atoms with E-state index in [1.165, 1.54) is 0 Å². The molecule has 0 aliphatic carbocycles. The van der Waals surface area contributed by atoms with E-state index in [4.69, 9.17) is 9.72 Å². The average Bonchev–Trinajstić information content (AvgIpc) is 2.73. The van der Waals surface area contributed by atoms with Gasteiger partial charge in [0.2, 0.25) is 0 Å². The van der Waals surface area contributed by atoms with E-state index in [9.17, 15) is 4.79 Å². The minimum absolute atomic E-state index is 0.0246. The lowest BCUT2D eigenvalue weighted by molar-refractivity contribution is 0.104. The van der Waals surface area contributed by atoms with Gasteiger partial charge < -0.3 is 4.74 Å². The molecule has 26 heavy (non-hydrogen) atoms. The normalized spacial score (nSPS) is 10.7. The molecule has 1 aromatic heterocycles. The fourth-order valence-electron chi connectivity index (χ4n) is 3.02. The summed E-state index contributed by atoms with van der Waals surface area (Å²) in [6.07, 6.45) is 0. The van der Waals surface area contributed by atoms with Crippen LogP contribution in [0.4, 0.5) is 0 Å². The number of nitrogens with zero attached hydrogens (tertiary/aromatic N) is 1. The number of carbonyl (C=O) groups is 1. The molecule has 3 heteroatoms. The van der Waals surface area contributed by atoms with Crippen molar-refractivity contribution >= 4 is 16.7 Å². The monoisotopic (exact) mass is 339 g/mol. The van der Waals surface area contributed by atoms with E-state index in [1.807, 2.05) is 60.7 Å². The summed E-state index contributed by atoms with van der Waals surface area (Å²) in [5.74, 6) is 0.703. The second-order valence-electron chi connectivity index (χ2n) is 6.00. The molecule has 0 aliphatic rings. The standard InChI is InChI=1S/C23H17NO2/c1-26-18-13-11-17(12-14-18)23(25)20-15-22(16-7-3-2-4-8-16)24-21-10-6-5-9-19(20)21/h2-15H,1H3. The molecule has 0 N–H and O–H groups in total. The molecule has 126 valence electrons. The number of benzene rings is 3. The first-order valence-corrected chi connectivity index (χ1v) is 8.40. The quantitative estimate of drug-likeness (QED) is 0.483. The number of fused-ring (bicyclic) bond motifs is 1. The molecule has 4 rings (SSSR count). The summed E-state index contributed by atoms with van der Waals surface area (Å²) in [6.45, 7) is 0. The van der Waals surface area contributed by atoms with E-state index in [-0.39, 0.29) is 5.78 Å². The molecule has 0 amide bonds. The Morgan fingerprint density at radius 3 is 2.27 bits per heavy atom. The van der Waals surface area contributed by atoms with Gasteiger partial charge in [0.1, 0.15) is 5.75 Å². The van der Waals surface area contributed by atoms with Gasteiger partial charge in [-0.3, -0.25) is 4.79 Å². The second-order valence-corrected chi connectivity index (χ2v) is 6.00. The smallest absolute Gasteiger partial charge is 0.193 e. The van der Waals surface area contributed by atoms with Crippen molar-refractivity contribution in [3.8, 4) is 17.0 Å². The zero-order valence-electron chi connectivity index (χ0n) is 14.3. The number of pyridine rings is 1. The first-order valence-electron chi connectivity index (χ1n) is 8.40. The third kappa shape index (κ3) is 2.95. The van der Waals surface area contributed by atoms with Crippen LogP contribution in [0.2, 0.25) is 0 Å². The van der Waals surface area contributed by atoms with Crippen molar-refractivity contribution in [3.05, 3.63) is 96.1 Å². The van der Waals surface area contributed by atoms with Gasteiger partial charge >= 0.3 is 0 Å². The topological polar surface area (TPSA) is 39.2 Å². The van der Waals surface area contributed by atoms with Gasteiger partial charge in [0.15, 0.2) is 5.78 Å². The Morgan fingerprint density at radius 2 is 1.54 bits per heavy atom. The largest absolute Gasteiger partial charge is 0.497 e. The summed E-state index contributed by atoms with van der Waals surface area (Å²) < 4.78 is 5.18. The van der Waals surface area contributed by atoms with Crippen LogP contribution < -0.4 is 4.74 Å². The molecule has 0 spiro atoms. The molecule has 0 saturated heterocycles. The van der Waals surface area contributed by atoms with Crippen LogP contribution in [0.3, 0.4) is 0 Å². The summed E-state index contributed by atoms with van der Waals surface area (Å²) in [6, 6.07) is 26.7. The lowest BCUT2D eigenvalue weighted by Gasteiger charge is -2.10. The number of hydrogen-bond acceptors (Lipinski definition) is 3. The van der Waals surface area contributed by atoms with Crippen molar-refractivity contribution < 1.29 is 9.53 Å². The predicted octanol–water partition coefficient (Wildman–Crippen LogP) is 5.14. The minimum atomic E-state index is -0.0246. The van der Waals surface area contributed by atoms with Crippen LogP contribution >= 0.6 is 0 Å². The fourth-order valence-corrected chi connectivity index (χ4v) is 3.02. The van der Waals surface area contributed by atoms with Crippen molar-refractivity contribution in [3.63, 3.8) is 0 Å². The second kappa shape index (κ2) is 6.81. The molecule has 0 saturated carbocycles. The van der Waals surface area contributed by atoms with Crippen molar-refractivity contribution in [1.29, 1.82) is 0 Å². The maximum atomic E-state index is 13.2. The number of rotatable bonds is 4. The highest BCUT2D eigenvalue weighted by Crippen LogP contribution is 2.27. The van der Waals surface area contributed by atoms with Crippen LogP contribution in [-0.4, -0.2) is 17.9 Å². The Kier molecular flexibility index (Phi) is 4.20. The highest BCUT2D eigenvalue weighted by molar-refractivity contribution is 6.16. The maximum absolute atomic E-state index is 13.2. The number of hydrogen-bond donors (Lipinski definition) is 0. The highest BCUT2D eigenvalue weighted by atomic mass is 16.5. The Labute approximate surface area is 151 Å². The number of aromatic nitrogens is 1. The molecule has 0 bridgehead atoms. The Bertz CT molecular complexity index is 1070. The average molecular weight is 339 g/mol. The van der Waals surface area contributed by atoms with Crippen LogP contribution in [0, 0.1) is 0 Å². The van der Waals surface area contributed by atoms with Gasteiger partial charge in [0, 0.05) is 22.1 Å². The summed E-state index contributed by atoms with van der Waals surface area (Å²) >= 11 is 0. The molecule has 0 aliphatic heterocycles. The van der Waals surface area contributed by atoms with Gasteiger partial charge in [-0.2, -0.15) is 0 Å². The molecule has 3 aromatic carbocycles. The molecule has 3 nitrogen and oxygen atoms in total. The first kappa shape index (κ1) is 16.0. The molecule has 1 heterocycles. The molecule has 0 unspecified atom stereocenters. The van der Waals surface area contributed by atoms with Crippen LogP contribution in [0.1, 0.15) is 15.9 Å². The van der Waals surface area contributed by atoms with Crippen LogP contribution in [0.15, 0.2) is 84.9 Å². The molecular formula is C23H17NO2. The lowest BCUT2D eigenvalue weighted by atomic mass is 9.97. The van der Waals surface area contributed by atoms with E-state index in [0.29, 0.717) is 11.1 Å². The van der Waals surface area contributed by atoms with Gasteiger partial charge in [-0.1, -0.05) is 48.5 Å². The Hall–Kier alpha value is -3.46. The molecule has 4 aromatic rings. The first-order chi connectivity index (χ1) is 12.8. The van der Waals surface area contributed by atoms with E-state index in [1.54, 1.807) is 31.4 Å². The van der Waals surface area contributed by atoms with Gasteiger partial charge in [0.05, 0.1) is 18.3 Å². The van der Waals surface area contributed by atoms with Crippen LogP contribution in [-0.2, 0) is 0 Å². The summed E-state index contributed by atoms with van der Waals surface area (Å²) in [5, 5.41) is 0.855. The van der Waals surface area contributed by atoms with E-state index >= 15 is 0 Å².